The first-order valence-corrected chi connectivity index (χ1v) is 9.61. The van der Waals surface area contributed by atoms with Gasteiger partial charge in [-0.3, -0.25) is 0 Å². The van der Waals surface area contributed by atoms with Gasteiger partial charge >= 0.3 is 22.1 Å². The Morgan fingerprint density at radius 3 is 2.75 bits per heavy atom. The molecule has 1 aliphatic rings. The van der Waals surface area contributed by atoms with Gasteiger partial charge in [-0.25, -0.2) is 12.2 Å². The summed E-state index contributed by atoms with van der Waals surface area (Å²) in [6.45, 7) is 1.68. The molecule has 0 saturated heterocycles. The molecule has 0 fully saturated rings. The second-order valence-electron chi connectivity index (χ2n) is 5.28. The Balaban J connectivity index is 0.00000139. The first-order valence-electron chi connectivity index (χ1n) is 7.78. The van der Waals surface area contributed by atoms with Crippen LogP contribution in [0.5, 0.6) is 0 Å². The van der Waals surface area contributed by atoms with E-state index in [1.165, 1.54) is 15.6 Å². The van der Waals surface area contributed by atoms with E-state index in [9.17, 15) is 0 Å². The molecule has 0 aromatic heterocycles. The standard InChI is InChI=1S/C18H23BrN2O.O.Os/c1-20-17-7-4-3-6-16(17)18(21-12-5-13-22-2)14-8-10-15(19)11-9-14;;/h3-4,6-7,11,18,21H,5,8,10,12-13H2,1-2H3;;/q-2;;. The predicted octanol–water partition coefficient (Wildman–Crippen LogP) is 4.67. The molecule has 0 heterocycles. The summed E-state index contributed by atoms with van der Waals surface area (Å²) in [4.78, 5) is 0. The van der Waals surface area contributed by atoms with Crippen molar-refractivity contribution in [2.75, 3.05) is 27.3 Å². The quantitative estimate of drug-likeness (QED) is 0.366. The molecule has 1 unspecified atom stereocenters. The third-order valence-electron chi connectivity index (χ3n) is 3.76. The summed E-state index contributed by atoms with van der Waals surface area (Å²) in [7, 11) is 3.58. The van der Waals surface area contributed by atoms with E-state index in [2.05, 4.69) is 50.8 Å². The number of rotatable bonds is 8. The van der Waals surface area contributed by atoms with Crippen LogP contribution in [-0.2, 0) is 26.8 Å². The van der Waals surface area contributed by atoms with E-state index in [-0.39, 0.29) is 6.04 Å². The molecule has 0 bridgehead atoms. The van der Waals surface area contributed by atoms with Gasteiger partial charge in [-0.05, 0) is 18.5 Å². The van der Waals surface area contributed by atoms with E-state index in [4.69, 9.17) is 8.28 Å². The summed E-state index contributed by atoms with van der Waals surface area (Å²) in [5.74, 6) is 0. The van der Waals surface area contributed by atoms with Crippen molar-refractivity contribution >= 4 is 21.6 Å². The number of ether oxygens (including phenoxy) is 1. The van der Waals surface area contributed by atoms with Crippen LogP contribution in [0.25, 0.3) is 5.32 Å². The van der Waals surface area contributed by atoms with Crippen LogP contribution >= 0.6 is 15.9 Å². The zero-order valence-corrected chi connectivity index (χ0v) is 18.1. The number of hydrogen-bond acceptors (Lipinski definition) is 3. The number of nitrogens with zero attached hydrogens (tertiary/aromatic N) is 1. The van der Waals surface area contributed by atoms with Gasteiger partial charge in [0, 0.05) is 19.8 Å². The predicted molar refractivity (Wildman–Crippen MR) is 96.3 cm³/mol. The number of halogens is 1. The molecule has 1 aromatic rings. The van der Waals surface area contributed by atoms with Gasteiger partial charge in [0.15, 0.2) is 0 Å². The second kappa shape index (κ2) is 12.7. The third-order valence-corrected chi connectivity index (χ3v) is 4.38. The van der Waals surface area contributed by atoms with Crippen molar-refractivity contribution in [1.29, 1.82) is 0 Å². The Bertz CT molecular complexity index is 564. The molecule has 4 nitrogen and oxygen atoms in total. The van der Waals surface area contributed by atoms with Crippen molar-refractivity contribution < 1.29 is 26.8 Å². The molecule has 0 spiro atoms. The summed E-state index contributed by atoms with van der Waals surface area (Å²) in [6.07, 6.45) is 8.50. The fraction of sp³-hybridized carbons (Fsp3) is 0.444. The Morgan fingerprint density at radius 1 is 1.38 bits per heavy atom. The second-order valence-corrected chi connectivity index (χ2v) is 6.30. The molecule has 1 atom stereocenters. The first-order chi connectivity index (χ1) is 11.8. The van der Waals surface area contributed by atoms with Crippen molar-refractivity contribution in [3.63, 3.8) is 0 Å². The van der Waals surface area contributed by atoms with Crippen LogP contribution in [0.1, 0.15) is 30.9 Å². The zero-order valence-electron chi connectivity index (χ0n) is 14.0. The average Bonchev–Trinajstić information content (AvgIpc) is 2.64. The molecule has 0 aliphatic heterocycles. The van der Waals surface area contributed by atoms with Crippen LogP contribution in [0.3, 0.4) is 0 Å². The summed E-state index contributed by atoms with van der Waals surface area (Å²) < 4.78 is 14.6. The number of nitrogens with one attached hydrogen (secondary N) is 1. The van der Waals surface area contributed by atoms with Crippen molar-refractivity contribution in [3.05, 3.63) is 57.4 Å². The fourth-order valence-corrected chi connectivity index (χ4v) is 2.93. The number of hydrogen-bond donors (Lipinski definition) is 1. The zero-order chi connectivity index (χ0) is 17.8. The van der Waals surface area contributed by atoms with Crippen molar-refractivity contribution in [3.8, 4) is 0 Å². The Kier molecular flexibility index (Phi) is 11.3. The maximum atomic E-state index is 8.28. The molecule has 24 heavy (non-hydrogen) atoms. The topological polar surface area (TPSA) is 52.4 Å². The number of benzene rings is 1. The number of para-hydroxylation sites is 1. The third kappa shape index (κ3) is 6.68. The SMILES string of the molecule is C[N-]c1ccccc1C(NCCCOC)C1=[C-]C=C(Br)CC1.[O]=[Os]. The molecule has 0 radical (unpaired) electrons. The summed E-state index contributed by atoms with van der Waals surface area (Å²) >= 11 is 4.16. The van der Waals surface area contributed by atoms with E-state index in [0.717, 1.165) is 38.1 Å². The van der Waals surface area contributed by atoms with Crippen molar-refractivity contribution in [2.45, 2.75) is 25.3 Å². The molecule has 1 N–H and O–H groups in total. The van der Waals surface area contributed by atoms with Gasteiger partial charge in [0.25, 0.3) is 0 Å². The molecule has 1 aliphatic carbocycles. The molecule has 0 saturated carbocycles. The van der Waals surface area contributed by atoms with Crippen LogP contribution in [0, 0.1) is 6.08 Å². The average molecular weight is 570 g/mol. The molecular formula is C18H23BrN2O2Os-2. The van der Waals surface area contributed by atoms with Gasteiger partial charge < -0.3 is 15.4 Å². The molecule has 134 valence electrons. The molecular weight excluding hydrogens is 546 g/mol. The van der Waals surface area contributed by atoms with Crippen molar-refractivity contribution in [1.82, 2.24) is 5.32 Å². The Labute approximate surface area is 163 Å². The van der Waals surface area contributed by atoms with Crippen molar-refractivity contribution in [2.24, 2.45) is 0 Å². The van der Waals surface area contributed by atoms with Gasteiger partial charge in [-0.2, -0.15) is 20.4 Å². The van der Waals surface area contributed by atoms with Gasteiger partial charge in [0.2, 0.25) is 0 Å². The van der Waals surface area contributed by atoms with Crippen LogP contribution in [-0.4, -0.2) is 27.3 Å². The molecule has 1 aromatic carbocycles. The van der Waals surface area contributed by atoms with E-state index in [0.29, 0.717) is 18.6 Å². The fourth-order valence-electron chi connectivity index (χ4n) is 2.62. The molecule has 0 amide bonds. The van der Waals surface area contributed by atoms with E-state index in [1.54, 1.807) is 7.11 Å². The number of allylic oxidation sites excluding steroid dienone is 3. The van der Waals surface area contributed by atoms with E-state index < -0.39 is 0 Å². The Hall–Kier alpha value is -0.664. The van der Waals surface area contributed by atoms with E-state index in [1.807, 2.05) is 19.2 Å². The summed E-state index contributed by atoms with van der Waals surface area (Å²) in [5.41, 5.74) is 3.54. The summed E-state index contributed by atoms with van der Waals surface area (Å²) in [6, 6.07) is 8.48. The minimum absolute atomic E-state index is 0.161. The maximum absolute atomic E-state index is 8.28. The normalized spacial score (nSPS) is 14.8. The van der Waals surface area contributed by atoms with Gasteiger partial charge in [0.05, 0.1) is 0 Å². The summed E-state index contributed by atoms with van der Waals surface area (Å²) in [5, 5.41) is 8.06. The van der Waals surface area contributed by atoms with E-state index >= 15 is 0 Å². The van der Waals surface area contributed by atoms with Crippen LogP contribution in [0.2, 0.25) is 0 Å². The first kappa shape index (κ1) is 21.4. The monoisotopic (exact) mass is 570 g/mol. The number of methoxy groups -OCH3 is 1. The molecule has 2 rings (SSSR count). The van der Waals surface area contributed by atoms with Crippen LogP contribution in [0.15, 0.2) is 40.4 Å². The van der Waals surface area contributed by atoms with Gasteiger partial charge in [0.1, 0.15) is 0 Å². The Morgan fingerprint density at radius 2 is 2.12 bits per heavy atom. The van der Waals surface area contributed by atoms with Gasteiger partial charge in [-0.15, -0.1) is 18.3 Å². The van der Waals surface area contributed by atoms with Gasteiger partial charge in [-0.1, -0.05) is 37.1 Å². The molecule has 6 heteroatoms. The van der Waals surface area contributed by atoms with Crippen LogP contribution in [0.4, 0.5) is 5.69 Å². The minimum atomic E-state index is 0.161. The van der Waals surface area contributed by atoms with Crippen LogP contribution < -0.4 is 5.32 Å².